The Labute approximate surface area is 151 Å². The maximum absolute atomic E-state index is 12.4. The number of piperidine rings is 1. The predicted molar refractivity (Wildman–Crippen MR) is 102 cm³/mol. The molecule has 2 fully saturated rings. The van der Waals surface area contributed by atoms with Crippen molar-refractivity contribution < 1.29 is 4.79 Å². The Balaban J connectivity index is 1.54. The molecule has 2 heterocycles. The van der Waals surface area contributed by atoms with Crippen molar-refractivity contribution in [3.8, 4) is 0 Å². The zero-order valence-electron chi connectivity index (χ0n) is 14.2. The van der Waals surface area contributed by atoms with Gasteiger partial charge in [0.05, 0.1) is 10.2 Å². The molecule has 1 aromatic heterocycles. The van der Waals surface area contributed by atoms with Gasteiger partial charge in [0.25, 0.3) is 0 Å². The van der Waals surface area contributed by atoms with Crippen LogP contribution < -0.4 is 4.90 Å². The highest BCUT2D eigenvalue weighted by Gasteiger charge is 2.36. The van der Waals surface area contributed by atoms with Gasteiger partial charge in [-0.2, -0.15) is 0 Å². The van der Waals surface area contributed by atoms with E-state index in [1.807, 2.05) is 11.9 Å². The predicted octanol–water partition coefficient (Wildman–Crippen LogP) is 3.86. The van der Waals surface area contributed by atoms with Gasteiger partial charge in [-0.25, -0.2) is 4.98 Å². The summed E-state index contributed by atoms with van der Waals surface area (Å²) < 4.78 is 1.25. The minimum absolute atomic E-state index is 0.303. The Kier molecular flexibility index (Phi) is 4.43. The molecule has 0 radical (unpaired) electrons. The van der Waals surface area contributed by atoms with Gasteiger partial charge < -0.3 is 9.80 Å². The van der Waals surface area contributed by atoms with Crippen LogP contribution in [-0.2, 0) is 4.79 Å². The number of benzene rings is 1. The topological polar surface area (TPSA) is 36.4 Å². The molecule has 1 amide bonds. The van der Waals surface area contributed by atoms with Gasteiger partial charge in [-0.1, -0.05) is 17.4 Å². The van der Waals surface area contributed by atoms with Crippen molar-refractivity contribution >= 4 is 44.4 Å². The number of para-hydroxylation sites is 1. The fourth-order valence-electron chi connectivity index (χ4n) is 3.45. The van der Waals surface area contributed by atoms with E-state index in [1.165, 1.54) is 9.60 Å². The number of carbonyl (C=O) groups is 1. The Bertz CT molecular complexity index is 756. The zero-order chi connectivity index (χ0) is 16.7. The van der Waals surface area contributed by atoms with Crippen molar-refractivity contribution in [2.45, 2.75) is 36.6 Å². The summed E-state index contributed by atoms with van der Waals surface area (Å²) in [4.78, 5) is 22.9. The Morgan fingerprint density at radius 2 is 2.21 bits per heavy atom. The minimum atomic E-state index is 0.303. The van der Waals surface area contributed by atoms with E-state index < -0.39 is 0 Å². The molecule has 0 N–H and O–H groups in total. The average Bonchev–Trinajstić information content (AvgIpc) is 3.38. The fourth-order valence-corrected chi connectivity index (χ4v) is 5.11. The summed E-state index contributed by atoms with van der Waals surface area (Å²) in [5, 5.41) is 1.10. The largest absolute Gasteiger partial charge is 0.346 e. The van der Waals surface area contributed by atoms with Gasteiger partial charge in [-0.05, 0) is 44.1 Å². The SMILES string of the molecule is CSc1cccc2sc(N3CCCC(N(C)C(=O)C4CC4)C3)nc12. The third-order valence-corrected chi connectivity index (χ3v) is 6.93. The van der Waals surface area contributed by atoms with E-state index in [1.54, 1.807) is 23.1 Å². The standard InChI is InChI=1S/C18H23N3OS2/c1-20(17(22)12-8-9-12)13-5-4-10-21(11-13)18-19-16-14(23-2)6-3-7-15(16)24-18/h3,6-7,12-13H,4-5,8-11H2,1-2H3. The van der Waals surface area contributed by atoms with Gasteiger partial charge in [0.1, 0.15) is 0 Å². The first-order chi connectivity index (χ1) is 11.7. The Morgan fingerprint density at radius 3 is 2.96 bits per heavy atom. The molecule has 0 bridgehead atoms. The molecule has 1 aliphatic carbocycles. The molecule has 1 atom stereocenters. The Morgan fingerprint density at radius 1 is 1.38 bits per heavy atom. The van der Waals surface area contributed by atoms with Crippen molar-refractivity contribution in [3.05, 3.63) is 18.2 Å². The van der Waals surface area contributed by atoms with Crippen LogP contribution in [0.15, 0.2) is 23.1 Å². The molecule has 1 saturated carbocycles. The molecule has 0 spiro atoms. The maximum Gasteiger partial charge on any atom is 0.225 e. The lowest BCUT2D eigenvalue weighted by molar-refractivity contribution is -0.133. The van der Waals surface area contributed by atoms with Crippen LogP contribution in [0.1, 0.15) is 25.7 Å². The second-order valence-electron chi connectivity index (χ2n) is 6.77. The van der Waals surface area contributed by atoms with Crippen LogP contribution in [0.5, 0.6) is 0 Å². The van der Waals surface area contributed by atoms with Gasteiger partial charge in [-0.3, -0.25) is 4.79 Å². The van der Waals surface area contributed by atoms with Gasteiger partial charge >= 0.3 is 0 Å². The molecule has 1 aromatic carbocycles. The number of rotatable bonds is 4. The first-order valence-corrected chi connectivity index (χ1v) is 10.7. The van der Waals surface area contributed by atoms with Gasteiger partial charge in [0, 0.05) is 37.0 Å². The molecule has 2 aromatic rings. The number of amides is 1. The van der Waals surface area contributed by atoms with Gasteiger partial charge in [-0.15, -0.1) is 11.8 Å². The number of aromatic nitrogens is 1. The van der Waals surface area contributed by atoms with Gasteiger partial charge in [0.2, 0.25) is 5.91 Å². The molecule has 128 valence electrons. The number of fused-ring (bicyclic) bond motifs is 1. The monoisotopic (exact) mass is 361 g/mol. The highest BCUT2D eigenvalue weighted by molar-refractivity contribution is 7.98. The second-order valence-corrected chi connectivity index (χ2v) is 8.63. The van der Waals surface area contributed by atoms with E-state index in [4.69, 9.17) is 4.98 Å². The first-order valence-electron chi connectivity index (χ1n) is 8.62. The fraction of sp³-hybridized carbons (Fsp3) is 0.556. The molecular weight excluding hydrogens is 338 g/mol. The Hall–Kier alpha value is -1.27. The van der Waals surface area contributed by atoms with Crippen molar-refractivity contribution in [2.75, 3.05) is 31.3 Å². The third kappa shape index (κ3) is 3.02. The number of nitrogens with zero attached hydrogens (tertiary/aromatic N) is 3. The molecule has 24 heavy (non-hydrogen) atoms. The highest BCUT2D eigenvalue weighted by atomic mass is 32.2. The smallest absolute Gasteiger partial charge is 0.225 e. The molecule has 6 heteroatoms. The van der Waals surface area contributed by atoms with Crippen molar-refractivity contribution in [1.29, 1.82) is 0 Å². The van der Waals surface area contributed by atoms with Crippen LogP contribution in [0.4, 0.5) is 5.13 Å². The van der Waals surface area contributed by atoms with Crippen molar-refractivity contribution in [3.63, 3.8) is 0 Å². The molecule has 1 aliphatic heterocycles. The van der Waals surface area contributed by atoms with Crippen LogP contribution in [-0.4, -0.2) is 48.2 Å². The summed E-state index contributed by atoms with van der Waals surface area (Å²) in [5.74, 6) is 0.646. The molecule has 4 rings (SSSR count). The number of hydrogen-bond acceptors (Lipinski definition) is 5. The zero-order valence-corrected chi connectivity index (χ0v) is 15.8. The van der Waals surface area contributed by atoms with Crippen LogP contribution in [0, 0.1) is 5.92 Å². The number of thiazole rings is 1. The van der Waals surface area contributed by atoms with E-state index in [2.05, 4.69) is 29.4 Å². The van der Waals surface area contributed by atoms with Gasteiger partial charge in [0.15, 0.2) is 5.13 Å². The maximum atomic E-state index is 12.4. The summed E-state index contributed by atoms with van der Waals surface area (Å²) in [6.07, 6.45) is 6.48. The van der Waals surface area contributed by atoms with Crippen molar-refractivity contribution in [1.82, 2.24) is 9.88 Å². The number of carbonyl (C=O) groups excluding carboxylic acids is 1. The normalized spacial score (nSPS) is 21.2. The number of hydrogen-bond donors (Lipinski definition) is 0. The minimum Gasteiger partial charge on any atom is -0.346 e. The molecule has 4 nitrogen and oxygen atoms in total. The average molecular weight is 362 g/mol. The van der Waals surface area contributed by atoms with E-state index in [0.29, 0.717) is 17.9 Å². The van der Waals surface area contributed by atoms with Crippen LogP contribution in [0.25, 0.3) is 10.2 Å². The number of likely N-dealkylation sites (N-methyl/N-ethyl adjacent to an activating group) is 1. The highest BCUT2D eigenvalue weighted by Crippen LogP contribution is 2.36. The lowest BCUT2D eigenvalue weighted by Crippen LogP contribution is -2.49. The third-order valence-electron chi connectivity index (χ3n) is 5.08. The first kappa shape index (κ1) is 16.2. The summed E-state index contributed by atoms with van der Waals surface area (Å²) in [6.45, 7) is 1.94. The van der Waals surface area contributed by atoms with Crippen LogP contribution >= 0.6 is 23.1 Å². The molecular formula is C18H23N3OS2. The lowest BCUT2D eigenvalue weighted by atomic mass is 10.0. The van der Waals surface area contributed by atoms with E-state index >= 15 is 0 Å². The summed E-state index contributed by atoms with van der Waals surface area (Å²) in [6, 6.07) is 6.72. The molecule has 1 saturated heterocycles. The summed E-state index contributed by atoms with van der Waals surface area (Å²) >= 11 is 3.52. The number of thioether (sulfide) groups is 1. The molecule has 1 unspecified atom stereocenters. The van der Waals surface area contributed by atoms with E-state index in [-0.39, 0.29) is 0 Å². The quantitative estimate of drug-likeness (QED) is 0.775. The van der Waals surface area contributed by atoms with Crippen molar-refractivity contribution in [2.24, 2.45) is 5.92 Å². The van der Waals surface area contributed by atoms with Crippen LogP contribution in [0.3, 0.4) is 0 Å². The van der Waals surface area contributed by atoms with E-state index in [0.717, 1.165) is 49.4 Å². The van der Waals surface area contributed by atoms with E-state index in [9.17, 15) is 4.79 Å². The number of anilines is 1. The summed E-state index contributed by atoms with van der Waals surface area (Å²) in [5.41, 5.74) is 1.12. The van der Waals surface area contributed by atoms with Crippen LogP contribution in [0.2, 0.25) is 0 Å². The molecule has 2 aliphatic rings. The second kappa shape index (κ2) is 6.56. The lowest BCUT2D eigenvalue weighted by Gasteiger charge is -2.37. The summed E-state index contributed by atoms with van der Waals surface area (Å²) in [7, 11) is 1.99.